The third-order valence-corrected chi connectivity index (χ3v) is 7.15. The molecule has 2 aliphatic heterocycles. The fourth-order valence-electron chi connectivity index (χ4n) is 4.09. The van der Waals surface area contributed by atoms with Gasteiger partial charge in [-0.25, -0.2) is 9.18 Å². The zero-order valence-corrected chi connectivity index (χ0v) is 19.6. The summed E-state index contributed by atoms with van der Waals surface area (Å²) in [7, 11) is 2.97. The van der Waals surface area contributed by atoms with Gasteiger partial charge in [0.25, 0.3) is 5.69 Å². The smallest absolute Gasteiger partial charge is 0.323 e. The van der Waals surface area contributed by atoms with Gasteiger partial charge in [0.05, 0.1) is 40.0 Å². The summed E-state index contributed by atoms with van der Waals surface area (Å²) in [5.74, 6) is -2.23. The van der Waals surface area contributed by atoms with Gasteiger partial charge in [-0.1, -0.05) is 12.1 Å². The molecule has 2 aromatic rings. The van der Waals surface area contributed by atoms with E-state index in [4.69, 9.17) is 0 Å². The molecule has 2 heterocycles. The summed E-state index contributed by atoms with van der Waals surface area (Å²) < 4.78 is 13.9. The van der Waals surface area contributed by atoms with Crippen LogP contribution in [0.15, 0.2) is 48.5 Å². The lowest BCUT2D eigenvalue weighted by atomic mass is 9.96. The second-order valence-electron chi connectivity index (χ2n) is 8.14. The molecule has 0 aliphatic carbocycles. The van der Waals surface area contributed by atoms with E-state index in [1.54, 1.807) is 25.2 Å². The molecular weight excluding hydrogens is 479 g/mol. The van der Waals surface area contributed by atoms with E-state index in [2.05, 4.69) is 16.0 Å². The highest BCUT2D eigenvalue weighted by molar-refractivity contribution is 8.00. The molecule has 35 heavy (non-hydrogen) atoms. The molecule has 2 fully saturated rings. The highest BCUT2D eigenvalue weighted by Crippen LogP contribution is 2.34. The monoisotopic (exact) mass is 502 g/mol. The van der Waals surface area contributed by atoms with E-state index < -0.39 is 52.2 Å². The summed E-state index contributed by atoms with van der Waals surface area (Å²) in [4.78, 5) is 51.0. The number of halogens is 1. The summed E-state index contributed by atoms with van der Waals surface area (Å²) in [6.07, 6.45) is -1.24. The maximum Gasteiger partial charge on any atom is 0.327 e. The molecule has 4 unspecified atom stereocenters. The number of thioether (sulfide) groups is 1. The number of anilines is 1. The van der Waals surface area contributed by atoms with Crippen molar-refractivity contribution in [3.05, 3.63) is 70.0 Å². The molecule has 2 aromatic carbocycles. The van der Waals surface area contributed by atoms with Crippen LogP contribution in [0.3, 0.4) is 0 Å². The number of urea groups is 1. The number of amides is 4. The van der Waals surface area contributed by atoms with Crippen molar-refractivity contribution in [1.82, 2.24) is 20.4 Å². The largest absolute Gasteiger partial charge is 0.327 e. The van der Waals surface area contributed by atoms with Crippen molar-refractivity contribution in [3.8, 4) is 0 Å². The Morgan fingerprint density at radius 2 is 1.83 bits per heavy atom. The average molecular weight is 503 g/mol. The molecule has 0 aromatic heterocycles. The zero-order valence-electron chi connectivity index (χ0n) is 18.8. The predicted octanol–water partition coefficient (Wildman–Crippen LogP) is 2.09. The van der Waals surface area contributed by atoms with Crippen LogP contribution in [0.5, 0.6) is 0 Å². The summed E-state index contributed by atoms with van der Waals surface area (Å²) in [5.41, 5.74) is 0.638. The lowest BCUT2D eigenvalue weighted by Crippen LogP contribution is -2.72. The number of para-hydroxylation sites is 1. The zero-order chi connectivity index (χ0) is 25.3. The van der Waals surface area contributed by atoms with E-state index in [1.807, 2.05) is 0 Å². The number of imide groups is 1. The van der Waals surface area contributed by atoms with E-state index in [0.717, 1.165) is 16.7 Å². The Hall–Kier alpha value is -3.55. The van der Waals surface area contributed by atoms with Crippen molar-refractivity contribution < 1.29 is 23.7 Å². The predicted molar refractivity (Wildman–Crippen MR) is 127 cm³/mol. The molecule has 0 bridgehead atoms. The maximum atomic E-state index is 13.9. The number of carbonyl (C=O) groups is 3. The molecule has 13 heteroatoms. The Morgan fingerprint density at radius 3 is 2.49 bits per heavy atom. The summed E-state index contributed by atoms with van der Waals surface area (Å²) in [5, 5.41) is 19.4. The highest BCUT2D eigenvalue weighted by Gasteiger charge is 2.51. The molecule has 4 atom stereocenters. The van der Waals surface area contributed by atoms with Crippen molar-refractivity contribution in [2.75, 3.05) is 25.2 Å². The fourth-order valence-corrected chi connectivity index (χ4v) is 5.20. The first-order valence-corrected chi connectivity index (χ1v) is 11.7. The van der Waals surface area contributed by atoms with Crippen molar-refractivity contribution in [2.24, 2.45) is 5.92 Å². The van der Waals surface area contributed by atoms with Gasteiger partial charge < -0.3 is 10.2 Å². The van der Waals surface area contributed by atoms with Gasteiger partial charge in [0.15, 0.2) is 0 Å². The molecule has 0 spiro atoms. The van der Waals surface area contributed by atoms with Gasteiger partial charge in [-0.3, -0.25) is 35.2 Å². The number of non-ortho nitro benzene ring substituents is 1. The van der Waals surface area contributed by atoms with Crippen molar-refractivity contribution in [1.29, 1.82) is 0 Å². The minimum atomic E-state index is -0.719. The number of rotatable bonds is 6. The number of nitro benzene ring substituents is 1. The molecule has 0 saturated carbocycles. The number of nitrogens with zero attached hydrogens (tertiary/aromatic N) is 3. The molecule has 2 aliphatic rings. The number of nitrogens with one attached hydrogen (secondary N) is 3. The lowest BCUT2D eigenvalue weighted by Gasteiger charge is -2.50. The van der Waals surface area contributed by atoms with Gasteiger partial charge in [0, 0.05) is 26.2 Å². The minimum absolute atomic E-state index is 0.0526. The molecule has 184 valence electrons. The van der Waals surface area contributed by atoms with Crippen LogP contribution in [0.25, 0.3) is 0 Å². The Kier molecular flexibility index (Phi) is 7.00. The molecular formula is C22H23FN6O5S. The van der Waals surface area contributed by atoms with Gasteiger partial charge in [-0.05, 0) is 29.8 Å². The quantitative estimate of drug-likeness (QED) is 0.404. The average Bonchev–Trinajstić information content (AvgIpc) is 2.85. The number of nitro groups is 1. The first-order chi connectivity index (χ1) is 16.7. The first kappa shape index (κ1) is 24.6. The topological polar surface area (TPSA) is 137 Å². The minimum Gasteiger partial charge on any atom is -0.323 e. The van der Waals surface area contributed by atoms with Gasteiger partial charge in [-0.15, -0.1) is 11.8 Å². The van der Waals surface area contributed by atoms with Crippen LogP contribution in [0.4, 0.5) is 20.6 Å². The SMILES string of the molecule is CN1C(=O)C2C(SCC(=O)Nc3ccccc3F)NC(c3ccc([N+](=O)[O-])cc3)NC2N(C)C1=O. The van der Waals surface area contributed by atoms with Gasteiger partial charge >= 0.3 is 6.03 Å². The Balaban J connectivity index is 1.55. The van der Waals surface area contributed by atoms with Crippen LogP contribution < -0.4 is 16.0 Å². The van der Waals surface area contributed by atoms with Gasteiger partial charge in [0.1, 0.15) is 5.82 Å². The fraction of sp³-hybridized carbons (Fsp3) is 0.318. The maximum absolute atomic E-state index is 13.9. The molecule has 11 nitrogen and oxygen atoms in total. The molecule has 4 rings (SSSR count). The number of hydrogen-bond donors (Lipinski definition) is 3. The standard InChI is InChI=1S/C22H23FN6O5S/c1-27-19-17(21(31)28(2)22(27)32)20(35-11-16(30)24-15-6-4-3-5-14(15)23)26-18(25-19)12-7-9-13(10-8-12)29(33)34/h3-10,17-20,25-26H,11H2,1-2H3,(H,24,30). The van der Waals surface area contributed by atoms with E-state index in [-0.39, 0.29) is 17.1 Å². The van der Waals surface area contributed by atoms with Crippen LogP contribution in [0.1, 0.15) is 11.7 Å². The van der Waals surface area contributed by atoms with Crippen LogP contribution in [-0.2, 0) is 9.59 Å². The Labute approximate surface area is 204 Å². The van der Waals surface area contributed by atoms with E-state index in [0.29, 0.717) is 5.56 Å². The number of carbonyl (C=O) groups excluding carboxylic acids is 3. The first-order valence-electron chi connectivity index (χ1n) is 10.6. The van der Waals surface area contributed by atoms with E-state index in [1.165, 1.54) is 42.3 Å². The highest BCUT2D eigenvalue weighted by atomic mass is 32.2. The molecule has 3 N–H and O–H groups in total. The number of fused-ring (bicyclic) bond motifs is 1. The lowest BCUT2D eigenvalue weighted by molar-refractivity contribution is -0.384. The van der Waals surface area contributed by atoms with Crippen LogP contribution in [-0.4, -0.2) is 64.0 Å². The summed E-state index contributed by atoms with van der Waals surface area (Å²) in [6.45, 7) is 0. The normalized spacial score (nSPS) is 24.2. The van der Waals surface area contributed by atoms with Crippen LogP contribution in [0.2, 0.25) is 0 Å². The second-order valence-corrected chi connectivity index (χ2v) is 9.27. The second kappa shape index (κ2) is 9.98. The number of benzene rings is 2. The molecule has 0 radical (unpaired) electrons. The third kappa shape index (κ3) is 4.97. The van der Waals surface area contributed by atoms with E-state index in [9.17, 15) is 28.9 Å². The van der Waals surface area contributed by atoms with E-state index >= 15 is 0 Å². The molecule has 2 saturated heterocycles. The number of hydrogen-bond acceptors (Lipinski definition) is 8. The van der Waals surface area contributed by atoms with Crippen LogP contribution in [0, 0.1) is 21.8 Å². The van der Waals surface area contributed by atoms with Crippen molar-refractivity contribution in [2.45, 2.75) is 17.7 Å². The third-order valence-electron chi connectivity index (χ3n) is 5.94. The van der Waals surface area contributed by atoms with Crippen LogP contribution >= 0.6 is 11.8 Å². The summed E-state index contributed by atoms with van der Waals surface area (Å²) >= 11 is 1.15. The Bertz CT molecular complexity index is 1170. The summed E-state index contributed by atoms with van der Waals surface area (Å²) in [6, 6.07) is 11.2. The van der Waals surface area contributed by atoms with Gasteiger partial charge in [-0.2, -0.15) is 0 Å². The Morgan fingerprint density at radius 1 is 1.14 bits per heavy atom. The van der Waals surface area contributed by atoms with Crippen molar-refractivity contribution >= 4 is 41.0 Å². The van der Waals surface area contributed by atoms with Gasteiger partial charge in [0.2, 0.25) is 11.8 Å². The van der Waals surface area contributed by atoms with Crippen molar-refractivity contribution in [3.63, 3.8) is 0 Å². The molecule has 4 amide bonds.